The number of aromatic nitrogens is 4. The molecule has 0 spiro atoms. The molecule has 0 bridgehead atoms. The SMILES string of the molecule is CC1(C)[C@H](C(=O)Nc2cc(-n3cnnn3)ccc2F)[C@@H]1C(=O)O. The van der Waals surface area contributed by atoms with Crippen molar-refractivity contribution in [2.24, 2.45) is 17.3 Å². The summed E-state index contributed by atoms with van der Waals surface area (Å²) < 4.78 is 15.2. The zero-order chi connectivity index (χ0) is 16.8. The highest BCUT2D eigenvalue weighted by atomic mass is 19.1. The summed E-state index contributed by atoms with van der Waals surface area (Å²) in [7, 11) is 0. The van der Waals surface area contributed by atoms with Gasteiger partial charge in [-0.1, -0.05) is 13.8 Å². The molecule has 1 aromatic heterocycles. The van der Waals surface area contributed by atoms with E-state index in [1.807, 2.05) is 0 Å². The Morgan fingerprint density at radius 3 is 2.65 bits per heavy atom. The number of nitrogens with zero attached hydrogens (tertiary/aromatic N) is 4. The van der Waals surface area contributed by atoms with Crippen LogP contribution >= 0.6 is 0 Å². The Kier molecular flexibility index (Phi) is 3.35. The zero-order valence-electron chi connectivity index (χ0n) is 12.4. The van der Waals surface area contributed by atoms with Gasteiger partial charge in [-0.25, -0.2) is 9.07 Å². The lowest BCUT2D eigenvalue weighted by atomic mass is 10.1. The van der Waals surface area contributed by atoms with Crippen LogP contribution in [0.1, 0.15) is 13.8 Å². The normalized spacial score (nSPS) is 21.7. The highest BCUT2D eigenvalue weighted by molar-refractivity contribution is 5.99. The average molecular weight is 319 g/mol. The number of carboxylic acid groups (broad SMARTS) is 1. The first kappa shape index (κ1) is 15.1. The number of hydrogen-bond acceptors (Lipinski definition) is 5. The molecule has 1 aromatic carbocycles. The standard InChI is InChI=1S/C14H14FN5O3/c1-14(2)10(11(14)13(22)23)12(21)17-9-5-7(3-4-8(9)15)20-6-16-18-19-20/h3-6,10-11H,1-2H3,(H,17,21)(H,22,23)/t10-,11+/m0/s1. The molecule has 1 saturated carbocycles. The van der Waals surface area contributed by atoms with Gasteiger partial charge in [0.25, 0.3) is 0 Å². The molecule has 2 atom stereocenters. The summed E-state index contributed by atoms with van der Waals surface area (Å²) in [6.07, 6.45) is 1.34. The van der Waals surface area contributed by atoms with Crippen molar-refractivity contribution >= 4 is 17.6 Å². The van der Waals surface area contributed by atoms with E-state index >= 15 is 0 Å². The number of benzene rings is 1. The van der Waals surface area contributed by atoms with Gasteiger partial charge >= 0.3 is 5.97 Å². The third-order valence-electron chi connectivity index (χ3n) is 4.20. The fourth-order valence-corrected chi connectivity index (χ4v) is 2.83. The summed E-state index contributed by atoms with van der Waals surface area (Å²) in [4.78, 5) is 23.4. The van der Waals surface area contributed by atoms with Crippen molar-refractivity contribution in [2.45, 2.75) is 13.8 Å². The number of halogens is 1. The number of aliphatic carboxylic acids is 1. The minimum absolute atomic E-state index is 0.0464. The molecule has 2 N–H and O–H groups in total. The van der Waals surface area contributed by atoms with Gasteiger partial charge < -0.3 is 10.4 Å². The molecule has 0 saturated heterocycles. The fraction of sp³-hybridized carbons (Fsp3) is 0.357. The number of hydrogen-bond donors (Lipinski definition) is 2. The van der Waals surface area contributed by atoms with Gasteiger partial charge in [-0.15, -0.1) is 5.10 Å². The minimum Gasteiger partial charge on any atom is -0.481 e. The van der Waals surface area contributed by atoms with Crippen LogP contribution in [0, 0.1) is 23.1 Å². The molecule has 1 aliphatic carbocycles. The van der Waals surface area contributed by atoms with E-state index in [4.69, 9.17) is 5.11 Å². The first-order valence-electron chi connectivity index (χ1n) is 6.89. The van der Waals surface area contributed by atoms with Crippen LogP contribution in [-0.4, -0.2) is 37.2 Å². The molecule has 1 aliphatic rings. The van der Waals surface area contributed by atoms with Gasteiger partial charge in [0.15, 0.2) is 0 Å². The van der Waals surface area contributed by atoms with Gasteiger partial charge in [-0.3, -0.25) is 9.59 Å². The van der Waals surface area contributed by atoms with E-state index in [0.29, 0.717) is 5.69 Å². The largest absolute Gasteiger partial charge is 0.481 e. The van der Waals surface area contributed by atoms with Crippen molar-refractivity contribution in [3.05, 3.63) is 30.3 Å². The predicted molar refractivity (Wildman–Crippen MR) is 76.1 cm³/mol. The molecule has 0 aliphatic heterocycles. The Morgan fingerprint density at radius 1 is 1.35 bits per heavy atom. The summed E-state index contributed by atoms with van der Waals surface area (Å²) in [6.45, 7) is 3.40. The molecule has 120 valence electrons. The summed E-state index contributed by atoms with van der Waals surface area (Å²) >= 11 is 0. The second-order valence-corrected chi connectivity index (χ2v) is 6.02. The Morgan fingerprint density at radius 2 is 2.09 bits per heavy atom. The zero-order valence-corrected chi connectivity index (χ0v) is 12.4. The van der Waals surface area contributed by atoms with E-state index in [1.54, 1.807) is 13.8 Å². The van der Waals surface area contributed by atoms with Crippen LogP contribution in [0.4, 0.5) is 10.1 Å². The van der Waals surface area contributed by atoms with Crippen molar-refractivity contribution in [3.8, 4) is 5.69 Å². The number of nitrogens with one attached hydrogen (secondary N) is 1. The van der Waals surface area contributed by atoms with E-state index in [-0.39, 0.29) is 5.69 Å². The number of amides is 1. The number of carbonyl (C=O) groups excluding carboxylic acids is 1. The summed E-state index contributed by atoms with van der Waals surface area (Å²) in [5, 5.41) is 22.2. The number of carboxylic acids is 1. The van der Waals surface area contributed by atoms with Crippen LogP contribution in [0.25, 0.3) is 5.69 Å². The lowest BCUT2D eigenvalue weighted by Gasteiger charge is -2.09. The predicted octanol–water partition coefficient (Wildman–Crippen LogP) is 1.10. The van der Waals surface area contributed by atoms with E-state index in [0.717, 1.165) is 0 Å². The summed E-state index contributed by atoms with van der Waals surface area (Å²) in [5.74, 6) is -3.64. The molecule has 1 amide bonds. The number of carbonyl (C=O) groups is 2. The lowest BCUT2D eigenvalue weighted by molar-refractivity contribution is -0.140. The van der Waals surface area contributed by atoms with Crippen LogP contribution in [0.3, 0.4) is 0 Å². The molecular formula is C14H14FN5O3. The molecule has 1 heterocycles. The molecular weight excluding hydrogens is 305 g/mol. The highest BCUT2D eigenvalue weighted by Crippen LogP contribution is 2.58. The highest BCUT2D eigenvalue weighted by Gasteiger charge is 2.65. The van der Waals surface area contributed by atoms with Crippen molar-refractivity contribution in [3.63, 3.8) is 0 Å². The molecule has 2 aromatic rings. The van der Waals surface area contributed by atoms with Crippen LogP contribution in [-0.2, 0) is 9.59 Å². The lowest BCUT2D eigenvalue weighted by Crippen LogP contribution is -2.18. The van der Waals surface area contributed by atoms with Gasteiger partial charge in [-0.05, 0) is 34.0 Å². The van der Waals surface area contributed by atoms with Gasteiger partial charge in [0, 0.05) is 0 Å². The quantitative estimate of drug-likeness (QED) is 0.873. The van der Waals surface area contributed by atoms with Crippen molar-refractivity contribution in [2.75, 3.05) is 5.32 Å². The molecule has 1 fully saturated rings. The van der Waals surface area contributed by atoms with Crippen LogP contribution < -0.4 is 5.32 Å². The van der Waals surface area contributed by atoms with Crippen LogP contribution in [0.15, 0.2) is 24.5 Å². The van der Waals surface area contributed by atoms with Crippen molar-refractivity contribution < 1.29 is 19.1 Å². The first-order valence-corrected chi connectivity index (χ1v) is 6.89. The maximum Gasteiger partial charge on any atom is 0.307 e. The number of rotatable bonds is 4. The average Bonchev–Trinajstić information content (AvgIpc) is 2.86. The second-order valence-electron chi connectivity index (χ2n) is 6.02. The van der Waals surface area contributed by atoms with Gasteiger partial charge in [-0.2, -0.15) is 0 Å². The van der Waals surface area contributed by atoms with E-state index in [2.05, 4.69) is 20.8 Å². The van der Waals surface area contributed by atoms with Crippen LogP contribution in [0.2, 0.25) is 0 Å². The van der Waals surface area contributed by atoms with Gasteiger partial charge in [0.1, 0.15) is 12.1 Å². The van der Waals surface area contributed by atoms with E-state index < -0.39 is 34.9 Å². The summed E-state index contributed by atoms with van der Waals surface area (Å²) in [5.41, 5.74) is -0.230. The number of anilines is 1. The third-order valence-corrected chi connectivity index (χ3v) is 4.20. The Balaban J connectivity index is 1.82. The van der Waals surface area contributed by atoms with Crippen molar-refractivity contribution in [1.29, 1.82) is 0 Å². The number of tetrazole rings is 1. The minimum atomic E-state index is -1.03. The second kappa shape index (κ2) is 5.11. The third kappa shape index (κ3) is 2.54. The van der Waals surface area contributed by atoms with Gasteiger partial charge in [0.05, 0.1) is 23.2 Å². The molecule has 8 nitrogen and oxygen atoms in total. The van der Waals surface area contributed by atoms with Gasteiger partial charge in [0.2, 0.25) is 5.91 Å². The maximum atomic E-state index is 13.9. The molecule has 0 radical (unpaired) electrons. The molecule has 0 unspecified atom stereocenters. The van der Waals surface area contributed by atoms with E-state index in [1.165, 1.54) is 29.2 Å². The van der Waals surface area contributed by atoms with Crippen LogP contribution in [0.5, 0.6) is 0 Å². The monoisotopic (exact) mass is 319 g/mol. The van der Waals surface area contributed by atoms with Crippen molar-refractivity contribution in [1.82, 2.24) is 20.2 Å². The first-order chi connectivity index (χ1) is 10.8. The Hall–Kier alpha value is -2.84. The Labute approximate surface area is 130 Å². The topological polar surface area (TPSA) is 110 Å². The maximum absolute atomic E-state index is 13.9. The molecule has 3 rings (SSSR count). The molecule has 23 heavy (non-hydrogen) atoms. The Bertz CT molecular complexity index is 775. The smallest absolute Gasteiger partial charge is 0.307 e. The summed E-state index contributed by atoms with van der Waals surface area (Å²) in [6, 6.07) is 4.02. The fourth-order valence-electron chi connectivity index (χ4n) is 2.83. The van der Waals surface area contributed by atoms with E-state index in [9.17, 15) is 14.0 Å². The molecule has 9 heteroatoms.